The van der Waals surface area contributed by atoms with Gasteiger partial charge in [0.05, 0.1) is 5.69 Å². The van der Waals surface area contributed by atoms with Crippen LogP contribution in [-0.2, 0) is 10.0 Å². The molecule has 0 aliphatic carbocycles. The van der Waals surface area contributed by atoms with Crippen molar-refractivity contribution in [2.75, 3.05) is 11.8 Å². The lowest BCUT2D eigenvalue weighted by molar-refractivity contribution is 0.600. The molecule has 106 valence electrons. The van der Waals surface area contributed by atoms with E-state index in [1.807, 2.05) is 26.1 Å². The minimum absolute atomic E-state index is 0.0443. The van der Waals surface area contributed by atoms with Crippen molar-refractivity contribution >= 4 is 15.7 Å². The van der Waals surface area contributed by atoms with Gasteiger partial charge in [-0.2, -0.15) is 0 Å². The third-order valence-electron chi connectivity index (χ3n) is 3.05. The number of rotatable bonds is 5. The number of benzene rings is 1. The minimum atomic E-state index is -3.62. The summed E-state index contributed by atoms with van der Waals surface area (Å²) in [6, 6.07) is 10.5. The lowest BCUT2D eigenvalue weighted by Gasteiger charge is -2.17. The van der Waals surface area contributed by atoms with E-state index in [1.165, 1.54) is 18.5 Å². The Labute approximate surface area is 119 Å². The van der Waals surface area contributed by atoms with Gasteiger partial charge in [-0.1, -0.05) is 18.2 Å². The second kappa shape index (κ2) is 6.02. The van der Waals surface area contributed by atoms with Crippen molar-refractivity contribution in [2.45, 2.75) is 17.9 Å². The zero-order valence-electron chi connectivity index (χ0n) is 11.4. The average molecular weight is 291 g/mol. The molecule has 0 aliphatic rings. The van der Waals surface area contributed by atoms with Crippen molar-refractivity contribution < 1.29 is 8.42 Å². The molecule has 0 aliphatic heterocycles. The molecule has 1 atom stereocenters. The van der Waals surface area contributed by atoms with Crippen LogP contribution < -0.4 is 10.0 Å². The number of sulfonamides is 1. The lowest BCUT2D eigenvalue weighted by Crippen LogP contribution is -2.18. The summed E-state index contributed by atoms with van der Waals surface area (Å²) in [4.78, 5) is 3.98. The van der Waals surface area contributed by atoms with Gasteiger partial charge >= 0.3 is 0 Å². The monoisotopic (exact) mass is 291 g/mol. The Kier molecular flexibility index (Phi) is 4.36. The van der Waals surface area contributed by atoms with E-state index in [0.29, 0.717) is 5.69 Å². The molecule has 1 aromatic carbocycles. The number of anilines is 1. The molecule has 0 spiro atoms. The van der Waals surface area contributed by atoms with Crippen molar-refractivity contribution in [1.29, 1.82) is 0 Å². The van der Waals surface area contributed by atoms with Crippen LogP contribution in [0.2, 0.25) is 0 Å². The van der Waals surface area contributed by atoms with Crippen LogP contribution in [0.1, 0.15) is 18.5 Å². The Morgan fingerprint density at radius 1 is 1.15 bits per heavy atom. The first-order valence-electron chi connectivity index (χ1n) is 6.23. The number of nitrogens with one attached hydrogen (secondary N) is 2. The maximum Gasteiger partial charge on any atom is 0.263 e. The van der Waals surface area contributed by atoms with E-state index in [-0.39, 0.29) is 10.9 Å². The van der Waals surface area contributed by atoms with E-state index < -0.39 is 10.0 Å². The van der Waals surface area contributed by atoms with Crippen LogP contribution in [0, 0.1) is 0 Å². The zero-order chi connectivity index (χ0) is 14.6. The Hall–Kier alpha value is -1.92. The highest BCUT2D eigenvalue weighted by molar-refractivity contribution is 7.92. The Morgan fingerprint density at radius 3 is 2.55 bits per heavy atom. The molecule has 5 nitrogen and oxygen atoms in total. The highest BCUT2D eigenvalue weighted by Gasteiger charge is 2.17. The number of hydrogen-bond acceptors (Lipinski definition) is 4. The van der Waals surface area contributed by atoms with Gasteiger partial charge in [-0.05, 0) is 37.7 Å². The molecule has 6 heteroatoms. The fraction of sp³-hybridized carbons (Fsp3) is 0.214. The first-order valence-corrected chi connectivity index (χ1v) is 7.72. The summed E-state index contributed by atoms with van der Waals surface area (Å²) in [6.07, 6.45) is 2.86. The summed E-state index contributed by atoms with van der Waals surface area (Å²) in [7, 11) is -1.79. The number of hydrogen-bond donors (Lipinski definition) is 2. The second-order valence-electron chi connectivity index (χ2n) is 4.39. The van der Waals surface area contributed by atoms with Gasteiger partial charge in [-0.15, -0.1) is 0 Å². The van der Waals surface area contributed by atoms with Crippen molar-refractivity contribution in [3.8, 4) is 0 Å². The van der Waals surface area contributed by atoms with Crippen LogP contribution in [0.15, 0.2) is 53.7 Å². The highest BCUT2D eigenvalue weighted by Crippen LogP contribution is 2.24. The van der Waals surface area contributed by atoms with Crippen LogP contribution in [0.5, 0.6) is 0 Å². The van der Waals surface area contributed by atoms with Crippen LogP contribution in [0.25, 0.3) is 0 Å². The molecule has 1 aromatic heterocycles. The van der Waals surface area contributed by atoms with Gasteiger partial charge in [0, 0.05) is 18.4 Å². The number of aromatic nitrogens is 1. The standard InChI is InChI=1S/C14H17N3O2S/c1-11(15-2)13-7-3-4-8-14(13)17-20(18,19)12-6-5-9-16-10-12/h3-11,15,17H,1-2H3. The third-order valence-corrected chi connectivity index (χ3v) is 4.40. The lowest BCUT2D eigenvalue weighted by atomic mass is 10.1. The van der Waals surface area contributed by atoms with Crippen LogP contribution in [-0.4, -0.2) is 20.4 Å². The van der Waals surface area contributed by atoms with Gasteiger partial charge in [0.2, 0.25) is 0 Å². The Balaban J connectivity index is 2.36. The normalized spacial score (nSPS) is 12.9. The summed E-state index contributed by atoms with van der Waals surface area (Å²) < 4.78 is 27.2. The number of nitrogens with zero attached hydrogens (tertiary/aromatic N) is 1. The van der Waals surface area contributed by atoms with E-state index in [0.717, 1.165) is 5.56 Å². The minimum Gasteiger partial charge on any atom is -0.313 e. The summed E-state index contributed by atoms with van der Waals surface area (Å²) in [5.74, 6) is 0. The molecule has 0 radical (unpaired) electrons. The third kappa shape index (κ3) is 3.15. The van der Waals surface area contributed by atoms with Gasteiger partial charge in [0.25, 0.3) is 10.0 Å². The molecule has 0 amide bonds. The molecule has 0 saturated heterocycles. The largest absolute Gasteiger partial charge is 0.313 e. The molecule has 0 saturated carbocycles. The molecule has 20 heavy (non-hydrogen) atoms. The maximum atomic E-state index is 12.3. The molecule has 2 rings (SSSR count). The van der Waals surface area contributed by atoms with Crippen LogP contribution >= 0.6 is 0 Å². The van der Waals surface area contributed by atoms with E-state index >= 15 is 0 Å². The molecular formula is C14H17N3O2S. The Bertz CT molecular complexity index is 672. The summed E-state index contributed by atoms with van der Waals surface area (Å²) in [6.45, 7) is 1.97. The molecule has 2 N–H and O–H groups in total. The predicted molar refractivity (Wildman–Crippen MR) is 79.0 cm³/mol. The topological polar surface area (TPSA) is 71.1 Å². The Morgan fingerprint density at radius 2 is 1.90 bits per heavy atom. The van der Waals surface area contributed by atoms with Crippen LogP contribution in [0.3, 0.4) is 0 Å². The predicted octanol–water partition coefficient (Wildman–Crippen LogP) is 2.16. The van der Waals surface area contributed by atoms with Crippen LogP contribution in [0.4, 0.5) is 5.69 Å². The van der Waals surface area contributed by atoms with Gasteiger partial charge < -0.3 is 5.32 Å². The maximum absolute atomic E-state index is 12.3. The van der Waals surface area contributed by atoms with Gasteiger partial charge in [0.15, 0.2) is 0 Å². The number of pyridine rings is 1. The molecule has 1 heterocycles. The molecule has 2 aromatic rings. The molecule has 0 fully saturated rings. The average Bonchev–Trinajstić information content (AvgIpc) is 2.47. The van der Waals surface area contributed by atoms with Gasteiger partial charge in [-0.3, -0.25) is 9.71 Å². The van der Waals surface area contributed by atoms with Crippen molar-refractivity contribution in [3.05, 3.63) is 54.4 Å². The SMILES string of the molecule is CNC(C)c1ccccc1NS(=O)(=O)c1cccnc1. The van der Waals surface area contributed by atoms with Crippen molar-refractivity contribution in [3.63, 3.8) is 0 Å². The quantitative estimate of drug-likeness (QED) is 0.885. The van der Waals surface area contributed by atoms with E-state index in [4.69, 9.17) is 0 Å². The molecule has 0 bridgehead atoms. The highest BCUT2D eigenvalue weighted by atomic mass is 32.2. The smallest absolute Gasteiger partial charge is 0.263 e. The van der Waals surface area contributed by atoms with Gasteiger partial charge in [0.1, 0.15) is 4.90 Å². The first-order chi connectivity index (χ1) is 9.54. The van der Waals surface area contributed by atoms with E-state index in [9.17, 15) is 8.42 Å². The van der Waals surface area contributed by atoms with E-state index in [1.54, 1.807) is 18.2 Å². The molecule has 1 unspecified atom stereocenters. The fourth-order valence-corrected chi connectivity index (χ4v) is 2.88. The van der Waals surface area contributed by atoms with E-state index in [2.05, 4.69) is 15.0 Å². The fourth-order valence-electron chi connectivity index (χ4n) is 1.83. The van der Waals surface area contributed by atoms with Crippen molar-refractivity contribution in [1.82, 2.24) is 10.3 Å². The number of para-hydroxylation sites is 1. The zero-order valence-corrected chi connectivity index (χ0v) is 12.2. The first kappa shape index (κ1) is 14.5. The summed E-state index contributed by atoms with van der Waals surface area (Å²) >= 11 is 0. The summed E-state index contributed by atoms with van der Waals surface area (Å²) in [5.41, 5.74) is 1.46. The van der Waals surface area contributed by atoms with Gasteiger partial charge in [-0.25, -0.2) is 8.42 Å². The summed E-state index contributed by atoms with van der Waals surface area (Å²) in [5, 5.41) is 3.10. The van der Waals surface area contributed by atoms with Crippen molar-refractivity contribution in [2.24, 2.45) is 0 Å². The molecular weight excluding hydrogens is 274 g/mol. The second-order valence-corrected chi connectivity index (χ2v) is 6.07.